The Morgan fingerprint density at radius 3 is 2.20 bits per heavy atom. The third-order valence-corrected chi connectivity index (χ3v) is 4.82. The van der Waals surface area contributed by atoms with Crippen molar-refractivity contribution in [2.45, 2.75) is 0 Å². The second-order valence-electron chi connectivity index (χ2n) is 3.86. The number of nitrogens with zero attached hydrogens (tertiary/aromatic N) is 1. The van der Waals surface area contributed by atoms with Gasteiger partial charge in [0.25, 0.3) is 0 Å². The first-order valence-corrected chi connectivity index (χ1v) is 7.93. The van der Waals surface area contributed by atoms with Crippen LogP contribution in [0.25, 0.3) is 0 Å². The monoisotopic (exact) mass is 311 g/mol. The number of aliphatic hydroxyl groups excluding tert-OH is 2. The molecular weight excluding hydrogens is 298 g/mol. The normalized spacial score (nSPS) is 14.7. The number of allylic oxidation sites excluding steroid dienone is 2. The van der Waals surface area contributed by atoms with Gasteiger partial charge in [0.05, 0.1) is 28.6 Å². The van der Waals surface area contributed by atoms with E-state index in [1.165, 1.54) is 6.20 Å². The molecule has 2 N–H and O–H groups in total. The summed E-state index contributed by atoms with van der Waals surface area (Å²) in [5.74, 6) is 0.137. The first-order valence-electron chi connectivity index (χ1n) is 5.96. The molecular formula is C13H13NO4S2. The Kier molecular flexibility index (Phi) is 5.36. The average Bonchev–Trinajstić information content (AvgIpc) is 2.48. The van der Waals surface area contributed by atoms with Crippen molar-refractivity contribution in [1.29, 1.82) is 0 Å². The maximum Gasteiger partial charge on any atom is 0.219 e. The van der Waals surface area contributed by atoms with Crippen LogP contribution in [0.2, 0.25) is 0 Å². The summed E-state index contributed by atoms with van der Waals surface area (Å²) in [6.45, 7) is -0.157. The van der Waals surface area contributed by atoms with Gasteiger partial charge in [0.1, 0.15) is 5.69 Å². The Bertz CT molecular complexity index is 522. The van der Waals surface area contributed by atoms with E-state index in [0.29, 0.717) is 26.9 Å². The van der Waals surface area contributed by atoms with E-state index in [-0.39, 0.29) is 30.5 Å². The largest absolute Gasteiger partial charge is 0.396 e. The van der Waals surface area contributed by atoms with E-state index in [9.17, 15) is 9.59 Å². The lowest BCUT2D eigenvalue weighted by atomic mass is 10.00. The number of rotatable bonds is 6. The van der Waals surface area contributed by atoms with E-state index in [2.05, 4.69) is 4.98 Å². The molecule has 1 aliphatic carbocycles. The van der Waals surface area contributed by atoms with Crippen molar-refractivity contribution in [3.63, 3.8) is 0 Å². The highest BCUT2D eigenvalue weighted by Gasteiger charge is 2.33. The number of hydrogen-bond acceptors (Lipinski definition) is 7. The topological polar surface area (TPSA) is 87.5 Å². The van der Waals surface area contributed by atoms with Gasteiger partial charge in [0.15, 0.2) is 0 Å². The highest BCUT2D eigenvalue weighted by molar-refractivity contribution is 8.08. The summed E-state index contributed by atoms with van der Waals surface area (Å²) in [7, 11) is 0. The van der Waals surface area contributed by atoms with Gasteiger partial charge < -0.3 is 10.2 Å². The first kappa shape index (κ1) is 15.2. The van der Waals surface area contributed by atoms with Crippen molar-refractivity contribution in [2.75, 3.05) is 24.7 Å². The summed E-state index contributed by atoms with van der Waals surface area (Å²) in [6.07, 6.45) is 1.48. The van der Waals surface area contributed by atoms with Crippen LogP contribution in [0, 0.1) is 0 Å². The maximum atomic E-state index is 12.4. The van der Waals surface area contributed by atoms with Gasteiger partial charge in [0.2, 0.25) is 11.6 Å². The lowest BCUT2D eigenvalue weighted by Crippen LogP contribution is -2.21. The zero-order valence-electron chi connectivity index (χ0n) is 10.5. The third-order valence-electron chi connectivity index (χ3n) is 2.56. The van der Waals surface area contributed by atoms with Crippen molar-refractivity contribution in [2.24, 2.45) is 0 Å². The summed E-state index contributed by atoms with van der Waals surface area (Å²) in [6, 6.07) is 3.19. The summed E-state index contributed by atoms with van der Waals surface area (Å²) in [5.41, 5.74) is 0.456. The van der Waals surface area contributed by atoms with Crippen LogP contribution in [-0.4, -0.2) is 51.5 Å². The Balaban J connectivity index is 2.44. The van der Waals surface area contributed by atoms with Gasteiger partial charge in [-0.1, -0.05) is 0 Å². The maximum absolute atomic E-state index is 12.4. The molecule has 2 rings (SSSR count). The third kappa shape index (κ3) is 2.95. The Hall–Kier alpha value is -1.15. The summed E-state index contributed by atoms with van der Waals surface area (Å²) in [4.78, 5) is 29.4. The first-order chi connectivity index (χ1) is 9.70. The van der Waals surface area contributed by atoms with Crippen molar-refractivity contribution in [3.8, 4) is 0 Å². The van der Waals surface area contributed by atoms with Crippen molar-refractivity contribution in [3.05, 3.63) is 39.4 Å². The molecule has 0 amide bonds. The highest BCUT2D eigenvalue weighted by Crippen LogP contribution is 2.37. The minimum atomic E-state index is -0.293. The van der Waals surface area contributed by atoms with Crippen LogP contribution in [0.15, 0.2) is 28.1 Å². The van der Waals surface area contributed by atoms with Gasteiger partial charge in [0, 0.05) is 17.7 Å². The smallest absolute Gasteiger partial charge is 0.219 e. The molecule has 0 aromatic carbocycles. The summed E-state index contributed by atoms with van der Waals surface area (Å²) in [5, 5.41) is 17.8. The summed E-state index contributed by atoms with van der Waals surface area (Å²) < 4.78 is 0. The molecule has 0 bridgehead atoms. The minimum absolute atomic E-state index is 0.0759. The Labute approximate surface area is 124 Å². The van der Waals surface area contributed by atoms with E-state index in [1.807, 2.05) is 0 Å². The number of hydrogen-bond donors (Lipinski definition) is 2. The van der Waals surface area contributed by atoms with Crippen LogP contribution in [-0.2, 0) is 0 Å². The predicted molar refractivity (Wildman–Crippen MR) is 79.0 cm³/mol. The van der Waals surface area contributed by atoms with Crippen LogP contribution >= 0.6 is 23.5 Å². The van der Waals surface area contributed by atoms with Gasteiger partial charge in [-0.3, -0.25) is 14.6 Å². The molecule has 0 saturated carbocycles. The number of thioether (sulfide) groups is 2. The average molecular weight is 311 g/mol. The Morgan fingerprint density at radius 1 is 1.00 bits per heavy atom. The van der Waals surface area contributed by atoms with Crippen LogP contribution in [0.4, 0.5) is 0 Å². The number of fused-ring (bicyclic) bond motifs is 1. The highest BCUT2D eigenvalue weighted by atomic mass is 32.2. The number of Topliss-reactive ketones (excluding diaryl/α,β-unsaturated/α-hetero) is 2. The van der Waals surface area contributed by atoms with E-state index < -0.39 is 0 Å². The number of carbonyl (C=O) groups excluding carboxylic acids is 2. The molecule has 20 heavy (non-hydrogen) atoms. The quantitative estimate of drug-likeness (QED) is 0.814. The van der Waals surface area contributed by atoms with Gasteiger partial charge in [-0.05, 0) is 12.1 Å². The molecule has 0 fully saturated rings. The summed E-state index contributed by atoms with van der Waals surface area (Å²) >= 11 is 2.31. The van der Waals surface area contributed by atoms with Crippen LogP contribution in [0.5, 0.6) is 0 Å². The molecule has 1 aromatic rings. The molecule has 1 aliphatic rings. The van der Waals surface area contributed by atoms with E-state index in [1.54, 1.807) is 12.1 Å². The lowest BCUT2D eigenvalue weighted by molar-refractivity contribution is 0.0984. The zero-order valence-corrected chi connectivity index (χ0v) is 12.2. The molecule has 1 heterocycles. The molecule has 5 nitrogen and oxygen atoms in total. The fraction of sp³-hybridized carbons (Fsp3) is 0.308. The number of aromatic nitrogens is 1. The second kappa shape index (κ2) is 7.03. The van der Waals surface area contributed by atoms with Crippen LogP contribution < -0.4 is 0 Å². The number of ketones is 2. The van der Waals surface area contributed by atoms with E-state index in [4.69, 9.17) is 10.2 Å². The molecule has 1 aromatic heterocycles. The molecule has 0 atom stereocenters. The van der Waals surface area contributed by atoms with Gasteiger partial charge >= 0.3 is 0 Å². The molecule has 0 unspecified atom stereocenters. The standard InChI is InChI=1S/C13H13NO4S2/c15-4-6-19-12-10(17)8-2-1-3-14-9(8)11(18)13(12)20-7-5-16/h1-3,15-16H,4-7H2. The lowest BCUT2D eigenvalue weighted by Gasteiger charge is -2.19. The molecule has 0 spiro atoms. The van der Waals surface area contributed by atoms with Crippen molar-refractivity contribution < 1.29 is 19.8 Å². The zero-order chi connectivity index (χ0) is 14.5. The number of pyridine rings is 1. The Morgan fingerprint density at radius 2 is 1.60 bits per heavy atom. The van der Waals surface area contributed by atoms with E-state index >= 15 is 0 Å². The number of aliphatic hydroxyl groups is 2. The van der Waals surface area contributed by atoms with Crippen molar-refractivity contribution in [1.82, 2.24) is 4.98 Å². The predicted octanol–water partition coefficient (Wildman–Crippen LogP) is 1.12. The fourth-order valence-electron chi connectivity index (χ4n) is 1.76. The fourth-order valence-corrected chi connectivity index (χ4v) is 3.62. The van der Waals surface area contributed by atoms with Crippen molar-refractivity contribution >= 4 is 35.1 Å². The van der Waals surface area contributed by atoms with E-state index in [0.717, 1.165) is 23.5 Å². The molecule has 106 valence electrons. The molecule has 0 aliphatic heterocycles. The minimum Gasteiger partial charge on any atom is -0.396 e. The van der Waals surface area contributed by atoms with Crippen LogP contribution in [0.3, 0.4) is 0 Å². The van der Waals surface area contributed by atoms with Crippen LogP contribution in [0.1, 0.15) is 20.8 Å². The molecule has 7 heteroatoms. The second-order valence-corrected chi connectivity index (χ2v) is 6.07. The number of carbonyl (C=O) groups is 2. The van der Waals surface area contributed by atoms with Gasteiger partial charge in [-0.2, -0.15) is 0 Å². The SMILES string of the molecule is O=C1C(SCCO)=C(SCCO)C(=O)c2ncccc21. The van der Waals surface area contributed by atoms with Gasteiger partial charge in [-0.25, -0.2) is 0 Å². The van der Waals surface area contributed by atoms with Gasteiger partial charge in [-0.15, -0.1) is 23.5 Å². The molecule has 0 radical (unpaired) electrons. The molecule has 0 saturated heterocycles.